The van der Waals surface area contributed by atoms with Crippen LogP contribution in [0.5, 0.6) is 11.5 Å². The Morgan fingerprint density at radius 1 is 1.04 bits per heavy atom. The van der Waals surface area contributed by atoms with Gasteiger partial charge in [-0.25, -0.2) is 4.98 Å². The first kappa shape index (κ1) is 20.0. The van der Waals surface area contributed by atoms with Gasteiger partial charge in [-0.3, -0.25) is 0 Å². The number of imidazole rings is 1. The fraction of sp³-hybridized carbons (Fsp3) is 0.375. The first-order valence-corrected chi connectivity index (χ1v) is 9.87. The molecule has 1 aromatic heterocycles. The summed E-state index contributed by atoms with van der Waals surface area (Å²) in [6.45, 7) is 8.25. The average Bonchev–Trinajstić information content (AvgIpc) is 3.14. The standard InChI is InChI=1S/C24H30N2O2/c1-18-7-5-6-8-22(18)27-21(17-23-25-15-16-26-23)14-11-19-9-12-20(13-10-19)28-24(2,3)4/h5-10,12-13,15-16,21H,11,14,17H2,1-4H3,(H,25,26). The Bertz CT molecular complexity index is 849. The van der Waals surface area contributed by atoms with Gasteiger partial charge < -0.3 is 14.5 Å². The molecule has 1 atom stereocenters. The first-order chi connectivity index (χ1) is 13.4. The molecule has 0 saturated heterocycles. The smallest absolute Gasteiger partial charge is 0.122 e. The highest BCUT2D eigenvalue weighted by Crippen LogP contribution is 2.22. The van der Waals surface area contributed by atoms with Gasteiger partial charge in [-0.05, 0) is 69.9 Å². The highest BCUT2D eigenvalue weighted by Gasteiger charge is 2.15. The van der Waals surface area contributed by atoms with Crippen molar-refractivity contribution in [1.82, 2.24) is 9.97 Å². The van der Waals surface area contributed by atoms with Crippen LogP contribution in [0.1, 0.15) is 44.1 Å². The summed E-state index contributed by atoms with van der Waals surface area (Å²) in [5, 5.41) is 0. The number of ether oxygens (including phenoxy) is 2. The van der Waals surface area contributed by atoms with Crippen LogP contribution in [0.4, 0.5) is 0 Å². The Kier molecular flexibility index (Phi) is 6.40. The monoisotopic (exact) mass is 378 g/mol. The molecule has 0 saturated carbocycles. The van der Waals surface area contributed by atoms with Gasteiger partial charge in [0.15, 0.2) is 0 Å². The minimum Gasteiger partial charge on any atom is -0.490 e. The summed E-state index contributed by atoms with van der Waals surface area (Å²) in [5.74, 6) is 2.79. The van der Waals surface area contributed by atoms with Crippen LogP contribution in [-0.4, -0.2) is 21.7 Å². The summed E-state index contributed by atoms with van der Waals surface area (Å²) < 4.78 is 12.3. The molecule has 3 rings (SSSR count). The van der Waals surface area contributed by atoms with Crippen LogP contribution < -0.4 is 9.47 Å². The molecule has 1 heterocycles. The average molecular weight is 379 g/mol. The SMILES string of the molecule is Cc1ccccc1OC(CCc1ccc(OC(C)(C)C)cc1)Cc1ncc[nH]1. The largest absolute Gasteiger partial charge is 0.490 e. The number of benzene rings is 2. The van der Waals surface area contributed by atoms with Gasteiger partial charge >= 0.3 is 0 Å². The molecule has 2 aromatic carbocycles. The van der Waals surface area contributed by atoms with E-state index in [9.17, 15) is 0 Å². The molecule has 4 heteroatoms. The lowest BCUT2D eigenvalue weighted by molar-refractivity contribution is 0.131. The minimum atomic E-state index is -0.183. The molecule has 1 N–H and O–H groups in total. The zero-order valence-corrected chi connectivity index (χ0v) is 17.2. The molecular weight excluding hydrogens is 348 g/mol. The summed E-state index contributed by atoms with van der Waals surface area (Å²) in [6, 6.07) is 16.5. The van der Waals surface area contributed by atoms with Gasteiger partial charge in [0.1, 0.15) is 29.0 Å². The molecule has 0 aliphatic carbocycles. The second kappa shape index (κ2) is 8.96. The van der Waals surface area contributed by atoms with Crippen molar-refractivity contribution in [1.29, 1.82) is 0 Å². The highest BCUT2D eigenvalue weighted by molar-refractivity contribution is 5.32. The van der Waals surface area contributed by atoms with Crippen LogP contribution in [0.3, 0.4) is 0 Å². The third-order valence-corrected chi connectivity index (χ3v) is 4.47. The molecule has 148 valence electrons. The number of nitrogens with one attached hydrogen (secondary N) is 1. The molecule has 0 aliphatic heterocycles. The van der Waals surface area contributed by atoms with Crippen molar-refractivity contribution in [2.75, 3.05) is 0 Å². The van der Waals surface area contributed by atoms with Crippen LogP contribution in [0.2, 0.25) is 0 Å². The predicted octanol–water partition coefficient (Wildman–Crippen LogP) is 5.52. The van der Waals surface area contributed by atoms with Gasteiger partial charge in [0, 0.05) is 18.8 Å². The first-order valence-electron chi connectivity index (χ1n) is 9.87. The van der Waals surface area contributed by atoms with Crippen LogP contribution in [0.15, 0.2) is 60.9 Å². The summed E-state index contributed by atoms with van der Waals surface area (Å²) in [5.41, 5.74) is 2.24. The summed E-state index contributed by atoms with van der Waals surface area (Å²) >= 11 is 0. The molecule has 0 aliphatic rings. The second-order valence-corrected chi connectivity index (χ2v) is 8.14. The lowest BCUT2D eigenvalue weighted by Gasteiger charge is -2.22. The van der Waals surface area contributed by atoms with Gasteiger partial charge in [0.2, 0.25) is 0 Å². The number of nitrogens with zero attached hydrogens (tertiary/aromatic N) is 1. The maximum absolute atomic E-state index is 6.35. The Morgan fingerprint density at radius 2 is 1.79 bits per heavy atom. The zero-order chi connectivity index (χ0) is 20.0. The summed E-state index contributed by atoms with van der Waals surface area (Å²) in [7, 11) is 0. The van der Waals surface area contributed by atoms with Crippen LogP contribution in [0.25, 0.3) is 0 Å². The molecule has 0 spiro atoms. The Hall–Kier alpha value is -2.75. The Balaban J connectivity index is 1.64. The molecule has 28 heavy (non-hydrogen) atoms. The maximum Gasteiger partial charge on any atom is 0.122 e. The van der Waals surface area contributed by atoms with E-state index >= 15 is 0 Å². The van der Waals surface area contributed by atoms with Crippen molar-refractivity contribution in [3.05, 3.63) is 77.9 Å². The van der Waals surface area contributed by atoms with Crippen molar-refractivity contribution in [2.24, 2.45) is 0 Å². The fourth-order valence-electron chi connectivity index (χ4n) is 3.10. The highest BCUT2D eigenvalue weighted by atomic mass is 16.5. The zero-order valence-electron chi connectivity index (χ0n) is 17.2. The Morgan fingerprint density at radius 3 is 2.43 bits per heavy atom. The van der Waals surface area contributed by atoms with Crippen LogP contribution in [-0.2, 0) is 12.8 Å². The van der Waals surface area contributed by atoms with E-state index in [1.807, 2.05) is 36.5 Å². The predicted molar refractivity (Wildman–Crippen MR) is 113 cm³/mol. The maximum atomic E-state index is 6.35. The molecule has 1 unspecified atom stereocenters. The quantitative estimate of drug-likeness (QED) is 0.561. The van der Waals surface area contributed by atoms with Crippen molar-refractivity contribution >= 4 is 0 Å². The number of rotatable bonds is 8. The lowest BCUT2D eigenvalue weighted by Crippen LogP contribution is -2.23. The summed E-state index contributed by atoms with van der Waals surface area (Å²) in [4.78, 5) is 7.56. The van der Waals surface area contributed by atoms with Gasteiger partial charge in [0.25, 0.3) is 0 Å². The van der Waals surface area contributed by atoms with E-state index in [1.54, 1.807) is 6.20 Å². The van der Waals surface area contributed by atoms with E-state index in [0.717, 1.165) is 42.1 Å². The lowest BCUT2D eigenvalue weighted by atomic mass is 10.0. The topological polar surface area (TPSA) is 47.1 Å². The van der Waals surface area contributed by atoms with Crippen molar-refractivity contribution < 1.29 is 9.47 Å². The number of H-pyrrole nitrogens is 1. The van der Waals surface area contributed by atoms with Gasteiger partial charge in [-0.2, -0.15) is 0 Å². The van der Waals surface area contributed by atoms with Gasteiger partial charge in [-0.15, -0.1) is 0 Å². The number of para-hydroxylation sites is 1. The number of aromatic amines is 1. The van der Waals surface area contributed by atoms with Crippen LogP contribution in [0, 0.1) is 6.92 Å². The number of aromatic nitrogens is 2. The minimum absolute atomic E-state index is 0.0535. The Labute approximate surface area is 167 Å². The molecule has 0 radical (unpaired) electrons. The van der Waals surface area contributed by atoms with Gasteiger partial charge in [-0.1, -0.05) is 30.3 Å². The fourth-order valence-corrected chi connectivity index (χ4v) is 3.10. The molecule has 4 nitrogen and oxygen atoms in total. The van der Waals surface area contributed by atoms with E-state index in [-0.39, 0.29) is 11.7 Å². The second-order valence-electron chi connectivity index (χ2n) is 8.14. The van der Waals surface area contributed by atoms with E-state index in [4.69, 9.17) is 9.47 Å². The normalized spacial score (nSPS) is 12.6. The van der Waals surface area contributed by atoms with Gasteiger partial charge in [0.05, 0.1) is 0 Å². The van der Waals surface area contributed by atoms with E-state index in [2.05, 4.69) is 55.9 Å². The van der Waals surface area contributed by atoms with Crippen molar-refractivity contribution in [3.8, 4) is 11.5 Å². The number of hydrogen-bond acceptors (Lipinski definition) is 3. The van der Waals surface area contributed by atoms with E-state index in [1.165, 1.54) is 5.56 Å². The third-order valence-electron chi connectivity index (χ3n) is 4.47. The van der Waals surface area contributed by atoms with Crippen molar-refractivity contribution in [3.63, 3.8) is 0 Å². The molecule has 0 fully saturated rings. The van der Waals surface area contributed by atoms with Crippen LogP contribution >= 0.6 is 0 Å². The van der Waals surface area contributed by atoms with E-state index < -0.39 is 0 Å². The molecule has 3 aromatic rings. The third kappa shape index (κ3) is 6.15. The number of hydrogen-bond donors (Lipinski definition) is 1. The van der Waals surface area contributed by atoms with E-state index in [0.29, 0.717) is 0 Å². The molecule has 0 amide bonds. The van der Waals surface area contributed by atoms with Crippen molar-refractivity contribution in [2.45, 2.75) is 58.7 Å². The molecular formula is C24H30N2O2. The number of aryl methyl sites for hydroxylation is 2. The molecule has 0 bridgehead atoms. The summed E-state index contributed by atoms with van der Waals surface area (Å²) in [6.07, 6.45) is 6.30.